The molecular weight excluding hydrogens is 298 g/mol. The maximum Gasteiger partial charge on any atom is 0.236 e. The van der Waals surface area contributed by atoms with Gasteiger partial charge in [-0.15, -0.1) is 0 Å². The molecule has 100 valence electrons. The standard InChI is InChI=1S/C12H18BrN3O2/c1-9(12(17)14-6-7-18-2)15-8-10-4-3-5-11(13)16-10/h3-5,9,15H,6-8H2,1-2H3,(H,14,17). The predicted molar refractivity (Wildman–Crippen MR) is 73.1 cm³/mol. The van der Waals surface area contributed by atoms with Crippen LogP contribution in [-0.4, -0.2) is 37.2 Å². The molecule has 0 aromatic carbocycles. The molecule has 1 rings (SSSR count). The summed E-state index contributed by atoms with van der Waals surface area (Å²) < 4.78 is 5.65. The Morgan fingerprint density at radius 2 is 2.33 bits per heavy atom. The largest absolute Gasteiger partial charge is 0.383 e. The Labute approximate surface area is 115 Å². The van der Waals surface area contributed by atoms with Gasteiger partial charge in [-0.1, -0.05) is 6.07 Å². The van der Waals surface area contributed by atoms with Gasteiger partial charge in [0.2, 0.25) is 5.91 Å². The smallest absolute Gasteiger partial charge is 0.236 e. The summed E-state index contributed by atoms with van der Waals surface area (Å²) in [4.78, 5) is 15.9. The second-order valence-electron chi connectivity index (χ2n) is 3.84. The number of rotatable bonds is 7. The number of nitrogens with zero attached hydrogens (tertiary/aromatic N) is 1. The number of nitrogens with one attached hydrogen (secondary N) is 2. The van der Waals surface area contributed by atoms with E-state index in [1.165, 1.54) is 0 Å². The van der Waals surface area contributed by atoms with Gasteiger partial charge in [-0.3, -0.25) is 4.79 Å². The minimum atomic E-state index is -0.261. The van der Waals surface area contributed by atoms with E-state index in [9.17, 15) is 4.79 Å². The average molecular weight is 316 g/mol. The number of amides is 1. The van der Waals surface area contributed by atoms with E-state index in [1.807, 2.05) is 25.1 Å². The van der Waals surface area contributed by atoms with E-state index in [2.05, 4.69) is 31.5 Å². The van der Waals surface area contributed by atoms with Crippen LogP contribution in [0.5, 0.6) is 0 Å². The van der Waals surface area contributed by atoms with Crippen molar-refractivity contribution >= 4 is 21.8 Å². The summed E-state index contributed by atoms with van der Waals surface area (Å²) in [5, 5.41) is 5.89. The molecule has 2 N–H and O–H groups in total. The number of pyridine rings is 1. The summed E-state index contributed by atoms with van der Waals surface area (Å²) >= 11 is 3.31. The Morgan fingerprint density at radius 1 is 1.56 bits per heavy atom. The molecule has 1 heterocycles. The number of hydrogen-bond acceptors (Lipinski definition) is 4. The molecule has 0 fully saturated rings. The summed E-state index contributed by atoms with van der Waals surface area (Å²) in [6.07, 6.45) is 0. The molecule has 0 aliphatic heterocycles. The van der Waals surface area contributed by atoms with E-state index in [0.29, 0.717) is 19.7 Å². The van der Waals surface area contributed by atoms with Crippen LogP contribution in [0, 0.1) is 0 Å². The van der Waals surface area contributed by atoms with Crippen molar-refractivity contribution in [3.63, 3.8) is 0 Å². The lowest BCUT2D eigenvalue weighted by atomic mass is 10.3. The fourth-order valence-electron chi connectivity index (χ4n) is 1.33. The van der Waals surface area contributed by atoms with Crippen LogP contribution >= 0.6 is 15.9 Å². The summed E-state index contributed by atoms with van der Waals surface area (Å²) in [7, 11) is 1.60. The van der Waals surface area contributed by atoms with E-state index < -0.39 is 0 Å². The molecule has 1 unspecified atom stereocenters. The molecule has 0 spiro atoms. The molecular formula is C12H18BrN3O2. The van der Waals surface area contributed by atoms with Gasteiger partial charge in [0.05, 0.1) is 18.3 Å². The molecule has 18 heavy (non-hydrogen) atoms. The Morgan fingerprint density at radius 3 is 3.00 bits per heavy atom. The average Bonchev–Trinajstić information content (AvgIpc) is 2.36. The van der Waals surface area contributed by atoms with Crippen molar-refractivity contribution in [1.82, 2.24) is 15.6 Å². The van der Waals surface area contributed by atoms with Crippen LogP contribution < -0.4 is 10.6 Å². The van der Waals surface area contributed by atoms with Gasteiger partial charge in [-0.2, -0.15) is 0 Å². The zero-order chi connectivity index (χ0) is 13.4. The van der Waals surface area contributed by atoms with E-state index in [4.69, 9.17) is 4.74 Å². The normalized spacial score (nSPS) is 12.2. The van der Waals surface area contributed by atoms with E-state index in [0.717, 1.165) is 10.3 Å². The first kappa shape index (κ1) is 15.1. The molecule has 1 atom stereocenters. The fraction of sp³-hybridized carbons (Fsp3) is 0.500. The van der Waals surface area contributed by atoms with Gasteiger partial charge in [0.1, 0.15) is 4.60 Å². The summed E-state index contributed by atoms with van der Waals surface area (Å²) in [5.41, 5.74) is 0.890. The Kier molecular flexibility index (Phi) is 6.85. The number of halogens is 1. The molecule has 0 saturated heterocycles. The van der Waals surface area contributed by atoms with Crippen molar-refractivity contribution < 1.29 is 9.53 Å². The molecule has 0 aliphatic rings. The lowest BCUT2D eigenvalue weighted by molar-refractivity contribution is -0.122. The number of methoxy groups -OCH3 is 1. The summed E-state index contributed by atoms with van der Waals surface area (Å²) in [6, 6.07) is 5.43. The lowest BCUT2D eigenvalue weighted by Gasteiger charge is -2.13. The SMILES string of the molecule is COCCNC(=O)C(C)NCc1cccc(Br)n1. The fourth-order valence-corrected chi connectivity index (χ4v) is 1.71. The first-order valence-electron chi connectivity index (χ1n) is 5.75. The Hall–Kier alpha value is -0.980. The zero-order valence-electron chi connectivity index (χ0n) is 10.6. The number of carbonyl (C=O) groups is 1. The van der Waals surface area contributed by atoms with Crippen LogP contribution in [0.2, 0.25) is 0 Å². The number of ether oxygens (including phenoxy) is 1. The molecule has 0 radical (unpaired) electrons. The first-order chi connectivity index (χ1) is 8.63. The molecule has 1 aromatic heterocycles. The molecule has 0 aliphatic carbocycles. The van der Waals surface area contributed by atoms with Crippen molar-refractivity contribution in [2.45, 2.75) is 19.5 Å². The second-order valence-corrected chi connectivity index (χ2v) is 4.65. The third-order valence-corrected chi connectivity index (χ3v) is 2.80. The Balaban J connectivity index is 2.32. The predicted octanol–water partition coefficient (Wildman–Crippen LogP) is 1.08. The van der Waals surface area contributed by atoms with E-state index in [1.54, 1.807) is 7.11 Å². The zero-order valence-corrected chi connectivity index (χ0v) is 12.2. The molecule has 0 saturated carbocycles. The van der Waals surface area contributed by atoms with Crippen LogP contribution in [0.4, 0.5) is 0 Å². The third-order valence-electron chi connectivity index (χ3n) is 2.36. The molecule has 6 heteroatoms. The van der Waals surface area contributed by atoms with Crippen LogP contribution in [-0.2, 0) is 16.1 Å². The van der Waals surface area contributed by atoms with Crippen LogP contribution in [0.3, 0.4) is 0 Å². The number of hydrogen-bond donors (Lipinski definition) is 2. The highest BCUT2D eigenvalue weighted by atomic mass is 79.9. The number of aromatic nitrogens is 1. The minimum Gasteiger partial charge on any atom is -0.383 e. The molecule has 1 amide bonds. The maximum absolute atomic E-state index is 11.6. The van der Waals surface area contributed by atoms with Gasteiger partial charge < -0.3 is 15.4 Å². The van der Waals surface area contributed by atoms with Gasteiger partial charge in [-0.25, -0.2) is 4.98 Å². The highest BCUT2D eigenvalue weighted by molar-refractivity contribution is 9.10. The van der Waals surface area contributed by atoms with Gasteiger partial charge in [0.25, 0.3) is 0 Å². The van der Waals surface area contributed by atoms with E-state index >= 15 is 0 Å². The van der Waals surface area contributed by atoms with Gasteiger partial charge in [0.15, 0.2) is 0 Å². The number of carbonyl (C=O) groups excluding carboxylic acids is 1. The van der Waals surface area contributed by atoms with Gasteiger partial charge >= 0.3 is 0 Å². The summed E-state index contributed by atoms with van der Waals surface area (Å²) in [5.74, 6) is -0.0398. The van der Waals surface area contributed by atoms with Gasteiger partial charge in [-0.05, 0) is 35.0 Å². The van der Waals surface area contributed by atoms with Gasteiger partial charge in [0, 0.05) is 20.2 Å². The highest BCUT2D eigenvalue weighted by Gasteiger charge is 2.11. The van der Waals surface area contributed by atoms with Crippen LogP contribution in [0.15, 0.2) is 22.8 Å². The molecule has 5 nitrogen and oxygen atoms in total. The lowest BCUT2D eigenvalue weighted by Crippen LogP contribution is -2.42. The maximum atomic E-state index is 11.6. The summed E-state index contributed by atoms with van der Waals surface area (Å²) in [6.45, 7) is 3.42. The topological polar surface area (TPSA) is 63.2 Å². The van der Waals surface area contributed by atoms with Crippen LogP contribution in [0.25, 0.3) is 0 Å². The van der Waals surface area contributed by atoms with Crippen molar-refractivity contribution in [3.05, 3.63) is 28.5 Å². The van der Waals surface area contributed by atoms with Crippen molar-refractivity contribution in [3.8, 4) is 0 Å². The highest BCUT2D eigenvalue weighted by Crippen LogP contribution is 2.06. The van der Waals surface area contributed by atoms with Crippen molar-refractivity contribution in [2.75, 3.05) is 20.3 Å². The molecule has 1 aromatic rings. The van der Waals surface area contributed by atoms with Crippen molar-refractivity contribution in [1.29, 1.82) is 0 Å². The second kappa shape index (κ2) is 8.18. The monoisotopic (exact) mass is 315 g/mol. The minimum absolute atomic E-state index is 0.0398. The first-order valence-corrected chi connectivity index (χ1v) is 6.54. The Bertz CT molecular complexity index is 387. The quantitative estimate of drug-likeness (QED) is 0.584. The molecule has 0 bridgehead atoms. The van der Waals surface area contributed by atoms with Crippen LogP contribution in [0.1, 0.15) is 12.6 Å². The third kappa shape index (κ3) is 5.57. The van der Waals surface area contributed by atoms with E-state index in [-0.39, 0.29) is 11.9 Å². The van der Waals surface area contributed by atoms with Crippen molar-refractivity contribution in [2.24, 2.45) is 0 Å².